The molecule has 0 rings (SSSR count). The minimum Gasteiger partial charge on any atom is -0.462 e. The van der Waals surface area contributed by atoms with Crippen molar-refractivity contribution in [1.29, 1.82) is 0 Å². The average Bonchev–Trinajstić information content (AvgIpc) is 2.83. The van der Waals surface area contributed by atoms with Gasteiger partial charge in [-0.1, -0.05) is 19.6 Å². The molecule has 37 heavy (non-hydrogen) atoms. The predicted molar refractivity (Wildman–Crippen MR) is 141 cm³/mol. The van der Waals surface area contributed by atoms with Gasteiger partial charge in [-0.05, 0) is 52.4 Å². The number of carbonyl (C=O) groups excluding carboxylic acids is 6. The van der Waals surface area contributed by atoms with Gasteiger partial charge in [0.05, 0.1) is 13.2 Å². The van der Waals surface area contributed by atoms with Gasteiger partial charge in [-0.15, -0.1) is 0 Å². The molecule has 0 saturated heterocycles. The summed E-state index contributed by atoms with van der Waals surface area (Å²) in [5.74, 6) is -2.54. The summed E-state index contributed by atoms with van der Waals surface area (Å²) in [6.45, 7) is 14.6. The van der Waals surface area contributed by atoms with Crippen LogP contribution in [0.2, 0.25) is 0 Å². The van der Waals surface area contributed by atoms with E-state index in [1.54, 1.807) is 27.9 Å². The summed E-state index contributed by atoms with van der Waals surface area (Å²) in [5.41, 5.74) is 0.797. The lowest BCUT2D eigenvalue weighted by atomic mass is 10.2. The highest BCUT2D eigenvalue weighted by atomic mass is 16.5. The maximum absolute atomic E-state index is 11.3. The van der Waals surface area contributed by atoms with Crippen LogP contribution in [0.5, 0.6) is 0 Å². The third-order valence-electron chi connectivity index (χ3n) is 4.98. The minimum atomic E-state index is -0.469. The molecule has 0 aliphatic rings. The van der Waals surface area contributed by atoms with Crippen LogP contribution in [0.3, 0.4) is 0 Å². The quantitative estimate of drug-likeness (QED) is 0.123. The summed E-state index contributed by atoms with van der Waals surface area (Å²) in [5, 5.41) is 0. The summed E-state index contributed by atoms with van der Waals surface area (Å²) < 4.78 is 9.88. The number of nitrogens with zero attached hydrogens (tertiary/aromatic N) is 2. The van der Waals surface area contributed by atoms with Crippen molar-refractivity contribution >= 4 is 35.3 Å². The number of Topliss-reactive ketones (excluding diaryl/α,β-unsaturated/α-hetero) is 2. The standard InChI is InChI=1S/C14H23NO4.C13H21NO4/c1-11(2)14(18)19-10-8-6-5-7-9-15(4)13(17)12(3)16;1-10(2)13(17)18-9-7-5-6-8-14(4)12(16)11(3)15/h1,5-10H2,2-4H3;1,5-9H2,2-4H3. The highest BCUT2D eigenvalue weighted by Gasteiger charge is 2.13. The van der Waals surface area contributed by atoms with Crippen LogP contribution in [0, 0.1) is 0 Å². The number of ether oxygens (including phenoxy) is 2. The Balaban J connectivity index is 0. The molecule has 0 aliphatic heterocycles. The van der Waals surface area contributed by atoms with E-state index in [1.165, 1.54) is 23.6 Å². The monoisotopic (exact) mass is 524 g/mol. The Bertz CT molecular complexity index is 819. The van der Waals surface area contributed by atoms with Gasteiger partial charge in [0.1, 0.15) is 0 Å². The fourth-order valence-corrected chi connectivity index (χ4v) is 2.75. The van der Waals surface area contributed by atoms with Crippen molar-refractivity contribution in [2.45, 2.75) is 72.6 Å². The first-order valence-corrected chi connectivity index (χ1v) is 12.4. The normalized spacial score (nSPS) is 9.78. The highest BCUT2D eigenvalue weighted by molar-refractivity contribution is 6.35. The third kappa shape index (κ3) is 19.6. The number of hydrogen-bond acceptors (Lipinski definition) is 8. The van der Waals surface area contributed by atoms with Crippen molar-refractivity contribution in [2.24, 2.45) is 0 Å². The zero-order valence-electron chi connectivity index (χ0n) is 23.4. The lowest BCUT2D eigenvalue weighted by Gasteiger charge is -2.14. The number of esters is 2. The first-order valence-electron chi connectivity index (χ1n) is 12.4. The third-order valence-corrected chi connectivity index (χ3v) is 4.98. The van der Waals surface area contributed by atoms with E-state index in [0.717, 1.165) is 44.9 Å². The molecule has 210 valence electrons. The van der Waals surface area contributed by atoms with Gasteiger partial charge in [0.2, 0.25) is 11.6 Å². The van der Waals surface area contributed by atoms with Gasteiger partial charge in [0, 0.05) is 52.2 Å². The fourth-order valence-electron chi connectivity index (χ4n) is 2.75. The second kappa shape index (κ2) is 20.8. The molecular weight excluding hydrogens is 480 g/mol. The minimum absolute atomic E-state index is 0.355. The Morgan fingerprint density at radius 2 is 0.838 bits per heavy atom. The molecule has 0 bridgehead atoms. The summed E-state index contributed by atoms with van der Waals surface area (Å²) in [6.07, 6.45) is 5.83. The van der Waals surface area contributed by atoms with Crippen LogP contribution >= 0.6 is 0 Å². The molecule has 0 radical (unpaired) electrons. The summed E-state index contributed by atoms with van der Waals surface area (Å²) >= 11 is 0. The van der Waals surface area contributed by atoms with Crippen molar-refractivity contribution < 1.29 is 38.2 Å². The molecule has 0 N–H and O–H groups in total. The second-order valence-electron chi connectivity index (χ2n) is 8.87. The molecule has 0 fully saturated rings. The Kier molecular flexibility index (Phi) is 20.2. The van der Waals surface area contributed by atoms with Crippen LogP contribution in [-0.4, -0.2) is 85.5 Å². The fraction of sp³-hybridized carbons (Fsp3) is 0.630. The van der Waals surface area contributed by atoms with Gasteiger partial charge < -0.3 is 19.3 Å². The van der Waals surface area contributed by atoms with Crippen LogP contribution in [-0.2, 0) is 38.2 Å². The van der Waals surface area contributed by atoms with Crippen molar-refractivity contribution in [3.8, 4) is 0 Å². The number of amides is 2. The van der Waals surface area contributed by atoms with Crippen molar-refractivity contribution in [1.82, 2.24) is 9.80 Å². The summed E-state index contributed by atoms with van der Waals surface area (Å²) in [4.78, 5) is 69.1. The smallest absolute Gasteiger partial charge is 0.333 e. The van der Waals surface area contributed by atoms with E-state index in [-0.39, 0.29) is 11.9 Å². The Labute approximate surface area is 221 Å². The van der Waals surface area contributed by atoms with Crippen LogP contribution < -0.4 is 0 Å². The molecule has 0 atom stereocenters. The molecule has 0 spiro atoms. The first kappa shape index (κ1) is 35.9. The summed E-state index contributed by atoms with van der Waals surface area (Å²) in [7, 11) is 3.23. The number of ketones is 2. The topological polar surface area (TPSA) is 127 Å². The van der Waals surface area contributed by atoms with Crippen molar-refractivity contribution in [3.63, 3.8) is 0 Å². The average molecular weight is 525 g/mol. The Morgan fingerprint density at radius 3 is 1.14 bits per heavy atom. The van der Waals surface area contributed by atoms with E-state index >= 15 is 0 Å². The highest BCUT2D eigenvalue weighted by Crippen LogP contribution is 2.03. The van der Waals surface area contributed by atoms with Crippen LogP contribution in [0.15, 0.2) is 24.3 Å². The van der Waals surface area contributed by atoms with E-state index in [1.807, 2.05) is 0 Å². The first-order chi connectivity index (χ1) is 17.2. The van der Waals surface area contributed by atoms with Gasteiger partial charge >= 0.3 is 11.9 Å². The number of hydrogen-bond donors (Lipinski definition) is 0. The molecule has 0 saturated carbocycles. The molecular formula is C27H44N2O8. The molecule has 0 aliphatic carbocycles. The van der Waals surface area contributed by atoms with Gasteiger partial charge in [-0.25, -0.2) is 9.59 Å². The number of rotatable bonds is 17. The largest absolute Gasteiger partial charge is 0.462 e. The zero-order valence-corrected chi connectivity index (χ0v) is 23.4. The van der Waals surface area contributed by atoms with Crippen LogP contribution in [0.1, 0.15) is 72.6 Å². The van der Waals surface area contributed by atoms with Gasteiger partial charge in [0.25, 0.3) is 11.8 Å². The molecule has 0 aromatic carbocycles. The van der Waals surface area contributed by atoms with Crippen molar-refractivity contribution in [2.75, 3.05) is 40.4 Å². The van der Waals surface area contributed by atoms with E-state index < -0.39 is 23.4 Å². The number of unbranched alkanes of at least 4 members (excludes halogenated alkanes) is 5. The van der Waals surface area contributed by atoms with E-state index in [2.05, 4.69) is 13.2 Å². The zero-order chi connectivity index (χ0) is 29.0. The summed E-state index contributed by atoms with van der Waals surface area (Å²) in [6, 6.07) is 0. The molecule has 2 amide bonds. The molecule has 0 heterocycles. The SMILES string of the molecule is C=C(C)C(=O)OCCCCCCN(C)C(=O)C(C)=O.C=C(C)C(=O)OCCCCCN(C)C(=O)C(C)=O. The lowest BCUT2D eigenvalue weighted by molar-refractivity contribution is -0.142. The number of likely N-dealkylation sites (N-methyl/N-ethyl adjacent to an activating group) is 2. The molecule has 0 aromatic heterocycles. The lowest BCUT2D eigenvalue weighted by Crippen LogP contribution is -2.32. The van der Waals surface area contributed by atoms with Gasteiger partial charge in [-0.3, -0.25) is 19.2 Å². The van der Waals surface area contributed by atoms with E-state index in [0.29, 0.717) is 37.4 Å². The Morgan fingerprint density at radius 1 is 0.541 bits per heavy atom. The van der Waals surface area contributed by atoms with E-state index in [9.17, 15) is 28.8 Å². The molecule has 0 aromatic rings. The second-order valence-corrected chi connectivity index (χ2v) is 8.87. The van der Waals surface area contributed by atoms with Crippen LogP contribution in [0.25, 0.3) is 0 Å². The maximum atomic E-state index is 11.3. The molecule has 10 heteroatoms. The number of carbonyl (C=O) groups is 6. The molecule has 0 unspecified atom stereocenters. The van der Waals surface area contributed by atoms with Gasteiger partial charge in [-0.2, -0.15) is 0 Å². The van der Waals surface area contributed by atoms with Gasteiger partial charge in [0.15, 0.2) is 0 Å². The van der Waals surface area contributed by atoms with E-state index in [4.69, 9.17) is 9.47 Å². The molecule has 10 nitrogen and oxygen atoms in total. The predicted octanol–water partition coefficient (Wildman–Crippen LogP) is 3.04. The van der Waals surface area contributed by atoms with Crippen molar-refractivity contribution in [3.05, 3.63) is 24.3 Å². The van der Waals surface area contributed by atoms with Crippen LogP contribution in [0.4, 0.5) is 0 Å². The Hall–Kier alpha value is -3.30. The maximum Gasteiger partial charge on any atom is 0.333 e.